The van der Waals surface area contributed by atoms with E-state index in [1.54, 1.807) is 23.7 Å². The van der Waals surface area contributed by atoms with Gasteiger partial charge in [0.25, 0.3) is 0 Å². The van der Waals surface area contributed by atoms with Crippen LogP contribution in [0.2, 0.25) is 5.02 Å². The number of nitrogens with one attached hydrogen (secondary N) is 1. The number of halogens is 1. The lowest BCUT2D eigenvalue weighted by Gasteiger charge is -2.31. The fourth-order valence-corrected chi connectivity index (χ4v) is 4.80. The first-order valence-electron chi connectivity index (χ1n) is 7.43. The molecule has 1 fully saturated rings. The topological polar surface area (TPSA) is 79.4 Å². The van der Waals surface area contributed by atoms with E-state index in [2.05, 4.69) is 10.3 Å². The number of amides is 1. The Hall–Kier alpha value is -1.48. The van der Waals surface area contributed by atoms with Crippen molar-refractivity contribution in [2.24, 2.45) is 5.92 Å². The van der Waals surface area contributed by atoms with Crippen molar-refractivity contribution in [2.75, 3.05) is 18.4 Å². The molecule has 0 aliphatic carbocycles. The normalized spacial score (nSPS) is 19.1. The molecule has 0 spiro atoms. The zero-order valence-electron chi connectivity index (χ0n) is 12.7. The summed E-state index contributed by atoms with van der Waals surface area (Å²) in [6.07, 6.45) is 2.91. The van der Waals surface area contributed by atoms with Crippen LogP contribution in [0.5, 0.6) is 0 Å². The first-order valence-corrected chi connectivity index (χ1v) is 10.1. The molecular formula is C15H16ClN3O3S2. The predicted octanol–water partition coefficient (Wildman–Crippen LogP) is 2.84. The van der Waals surface area contributed by atoms with Crippen molar-refractivity contribution in [3.8, 4) is 0 Å². The summed E-state index contributed by atoms with van der Waals surface area (Å²) < 4.78 is 26.8. The fraction of sp³-hybridized carbons (Fsp3) is 0.333. The summed E-state index contributed by atoms with van der Waals surface area (Å²) in [4.78, 5) is 16.5. The van der Waals surface area contributed by atoms with Crippen LogP contribution in [-0.2, 0) is 14.8 Å². The molecule has 1 aliphatic rings. The Morgan fingerprint density at radius 2 is 2.08 bits per heavy atom. The van der Waals surface area contributed by atoms with E-state index in [0.717, 1.165) is 0 Å². The van der Waals surface area contributed by atoms with Crippen LogP contribution >= 0.6 is 22.9 Å². The number of aromatic nitrogens is 1. The lowest BCUT2D eigenvalue weighted by molar-refractivity contribution is -0.120. The average Bonchev–Trinajstić information content (AvgIpc) is 3.08. The van der Waals surface area contributed by atoms with E-state index in [1.807, 2.05) is 0 Å². The molecule has 2 aromatic rings. The van der Waals surface area contributed by atoms with Gasteiger partial charge in [0.15, 0.2) is 5.13 Å². The van der Waals surface area contributed by atoms with Crippen molar-refractivity contribution in [1.29, 1.82) is 0 Å². The third-order valence-electron chi connectivity index (χ3n) is 3.87. The summed E-state index contributed by atoms with van der Waals surface area (Å²) in [5.74, 6) is -0.578. The molecule has 1 N–H and O–H groups in total. The molecule has 1 aromatic heterocycles. The highest BCUT2D eigenvalue weighted by Gasteiger charge is 2.33. The van der Waals surface area contributed by atoms with Gasteiger partial charge in [0.2, 0.25) is 15.9 Å². The van der Waals surface area contributed by atoms with Crippen LogP contribution in [0.3, 0.4) is 0 Å². The summed E-state index contributed by atoms with van der Waals surface area (Å²) in [7, 11) is -3.63. The van der Waals surface area contributed by atoms with Crippen LogP contribution in [0.25, 0.3) is 0 Å². The highest BCUT2D eigenvalue weighted by Crippen LogP contribution is 2.25. The second kappa shape index (κ2) is 7.18. The molecule has 0 bridgehead atoms. The maximum atomic E-state index is 12.7. The van der Waals surface area contributed by atoms with E-state index >= 15 is 0 Å². The van der Waals surface area contributed by atoms with Crippen molar-refractivity contribution < 1.29 is 13.2 Å². The molecule has 1 atom stereocenters. The first kappa shape index (κ1) is 17.3. The molecular weight excluding hydrogens is 370 g/mol. The van der Waals surface area contributed by atoms with Gasteiger partial charge in [-0.3, -0.25) is 4.79 Å². The number of sulfonamides is 1. The zero-order valence-corrected chi connectivity index (χ0v) is 15.1. The highest BCUT2D eigenvalue weighted by atomic mass is 35.5. The van der Waals surface area contributed by atoms with Gasteiger partial charge in [0, 0.05) is 29.7 Å². The Labute approximate surface area is 149 Å². The molecule has 1 aliphatic heterocycles. The van der Waals surface area contributed by atoms with E-state index in [4.69, 9.17) is 11.6 Å². The third-order valence-corrected chi connectivity index (χ3v) is 6.69. The quantitative estimate of drug-likeness (QED) is 0.877. The van der Waals surface area contributed by atoms with Gasteiger partial charge in [0.05, 0.1) is 10.8 Å². The molecule has 0 radical (unpaired) electrons. The molecule has 9 heteroatoms. The predicted molar refractivity (Wildman–Crippen MR) is 93.7 cm³/mol. The van der Waals surface area contributed by atoms with Crippen LogP contribution in [0.1, 0.15) is 12.8 Å². The van der Waals surface area contributed by atoms with Gasteiger partial charge in [-0.1, -0.05) is 11.6 Å². The summed E-state index contributed by atoms with van der Waals surface area (Å²) in [5, 5.41) is 5.52. The van der Waals surface area contributed by atoms with Crippen LogP contribution in [0.15, 0.2) is 40.7 Å². The van der Waals surface area contributed by atoms with Crippen molar-refractivity contribution in [2.45, 2.75) is 17.7 Å². The lowest BCUT2D eigenvalue weighted by atomic mass is 9.99. The minimum absolute atomic E-state index is 0.169. The number of hydrogen-bond donors (Lipinski definition) is 1. The van der Waals surface area contributed by atoms with E-state index in [1.165, 1.54) is 27.8 Å². The highest BCUT2D eigenvalue weighted by molar-refractivity contribution is 7.89. The van der Waals surface area contributed by atoms with Crippen LogP contribution in [0.4, 0.5) is 5.13 Å². The number of hydrogen-bond acceptors (Lipinski definition) is 5. The number of anilines is 1. The van der Waals surface area contributed by atoms with Crippen molar-refractivity contribution in [1.82, 2.24) is 9.29 Å². The maximum Gasteiger partial charge on any atom is 0.243 e. The van der Waals surface area contributed by atoms with Crippen LogP contribution < -0.4 is 5.32 Å². The van der Waals surface area contributed by atoms with E-state index in [0.29, 0.717) is 29.5 Å². The van der Waals surface area contributed by atoms with Gasteiger partial charge in [-0.05, 0) is 37.1 Å². The summed E-state index contributed by atoms with van der Waals surface area (Å²) >= 11 is 7.15. The summed E-state index contributed by atoms with van der Waals surface area (Å²) in [5.41, 5.74) is 0. The van der Waals surface area contributed by atoms with Gasteiger partial charge < -0.3 is 5.32 Å². The molecule has 6 nitrogen and oxygen atoms in total. The number of benzene rings is 1. The Morgan fingerprint density at radius 1 is 1.33 bits per heavy atom. The van der Waals surface area contributed by atoms with E-state index in [9.17, 15) is 13.2 Å². The number of thiazole rings is 1. The number of carbonyl (C=O) groups is 1. The van der Waals surface area contributed by atoms with Crippen LogP contribution in [0, 0.1) is 5.92 Å². The van der Waals surface area contributed by atoms with Crippen molar-refractivity contribution >= 4 is 44.0 Å². The SMILES string of the molecule is O=C(Nc1nccs1)[C@@H]1CCCN(S(=O)(=O)c2ccc(Cl)cc2)C1. The van der Waals surface area contributed by atoms with Gasteiger partial charge >= 0.3 is 0 Å². The van der Waals surface area contributed by atoms with Gasteiger partial charge in [0.1, 0.15) is 0 Å². The number of rotatable bonds is 4. The Morgan fingerprint density at radius 3 is 2.75 bits per heavy atom. The molecule has 1 amide bonds. The van der Waals surface area contributed by atoms with Crippen LogP contribution in [-0.4, -0.2) is 36.7 Å². The Bertz CT molecular complexity index is 807. The first-order chi connectivity index (χ1) is 11.5. The maximum absolute atomic E-state index is 12.7. The molecule has 1 saturated heterocycles. The van der Waals surface area contributed by atoms with Crippen molar-refractivity contribution in [3.05, 3.63) is 40.9 Å². The second-order valence-electron chi connectivity index (χ2n) is 5.48. The number of carbonyl (C=O) groups excluding carboxylic acids is 1. The lowest BCUT2D eigenvalue weighted by Crippen LogP contribution is -2.43. The molecule has 128 valence electrons. The molecule has 1 aromatic carbocycles. The third kappa shape index (κ3) is 3.77. The largest absolute Gasteiger partial charge is 0.302 e. The fourth-order valence-electron chi connectivity index (χ4n) is 2.62. The summed E-state index contributed by atoms with van der Waals surface area (Å²) in [6.45, 7) is 0.578. The average molecular weight is 386 g/mol. The minimum atomic E-state index is -3.63. The zero-order chi connectivity index (χ0) is 17.2. The van der Waals surface area contributed by atoms with E-state index in [-0.39, 0.29) is 23.3 Å². The molecule has 0 unspecified atom stereocenters. The van der Waals surface area contributed by atoms with Crippen molar-refractivity contribution in [3.63, 3.8) is 0 Å². The Balaban J connectivity index is 1.72. The van der Waals surface area contributed by atoms with Gasteiger partial charge in [-0.15, -0.1) is 11.3 Å². The van der Waals surface area contributed by atoms with E-state index < -0.39 is 10.0 Å². The monoisotopic (exact) mass is 385 g/mol. The Kier molecular flexibility index (Phi) is 5.19. The molecule has 2 heterocycles. The molecule has 0 saturated carbocycles. The smallest absolute Gasteiger partial charge is 0.243 e. The summed E-state index contributed by atoms with van der Waals surface area (Å²) in [6, 6.07) is 6.06. The van der Waals surface area contributed by atoms with Gasteiger partial charge in [-0.2, -0.15) is 4.31 Å². The van der Waals surface area contributed by atoms with Gasteiger partial charge in [-0.25, -0.2) is 13.4 Å². The molecule has 3 rings (SSSR count). The second-order valence-corrected chi connectivity index (χ2v) is 8.75. The standard InChI is InChI=1S/C15H16ClN3O3S2/c16-12-3-5-13(6-4-12)24(21,22)19-8-1-2-11(10-19)14(20)18-15-17-7-9-23-15/h3-7,9,11H,1-2,8,10H2,(H,17,18,20)/t11-/m1/s1. The molecule has 24 heavy (non-hydrogen) atoms. The minimum Gasteiger partial charge on any atom is -0.302 e. The number of piperidine rings is 1. The number of nitrogens with zero attached hydrogens (tertiary/aromatic N) is 2.